The molecule has 1 heterocycles. The fourth-order valence-corrected chi connectivity index (χ4v) is 2.87. The van der Waals surface area contributed by atoms with Gasteiger partial charge in [0.25, 0.3) is 5.56 Å². The van der Waals surface area contributed by atoms with Gasteiger partial charge in [0, 0.05) is 10.2 Å². The summed E-state index contributed by atoms with van der Waals surface area (Å²) in [5.41, 5.74) is 0.840. The Kier molecular flexibility index (Phi) is 4.71. The maximum Gasteiger partial charge on any atom is 0.278 e. The number of anilines is 1. The first-order valence-electron chi connectivity index (χ1n) is 7.51. The predicted octanol–water partition coefficient (Wildman–Crippen LogP) is 3.14. The molecule has 0 spiro atoms. The van der Waals surface area contributed by atoms with E-state index in [1.54, 1.807) is 36.4 Å². The zero-order valence-electron chi connectivity index (χ0n) is 12.9. The molecule has 0 saturated carbocycles. The van der Waals surface area contributed by atoms with Crippen molar-refractivity contribution in [2.24, 2.45) is 0 Å². The SMILES string of the molecule is CC[C@H](C(=O)Nc1cccc(Br)c1)n1nnc2ccccc2c1=O. The minimum Gasteiger partial charge on any atom is -0.324 e. The Labute approximate surface area is 146 Å². The lowest BCUT2D eigenvalue weighted by Gasteiger charge is -2.16. The van der Waals surface area contributed by atoms with Gasteiger partial charge in [-0.3, -0.25) is 9.59 Å². The number of hydrogen-bond donors (Lipinski definition) is 1. The minimum absolute atomic E-state index is 0.303. The van der Waals surface area contributed by atoms with E-state index in [1.165, 1.54) is 0 Å². The first-order chi connectivity index (χ1) is 11.6. The third-order valence-electron chi connectivity index (χ3n) is 3.67. The summed E-state index contributed by atoms with van der Waals surface area (Å²) in [5, 5.41) is 11.2. The number of benzene rings is 2. The van der Waals surface area contributed by atoms with Gasteiger partial charge in [0.2, 0.25) is 5.91 Å². The number of halogens is 1. The highest BCUT2D eigenvalue weighted by molar-refractivity contribution is 9.10. The van der Waals surface area contributed by atoms with E-state index in [2.05, 4.69) is 31.6 Å². The molecular weight excluding hydrogens is 372 g/mol. The van der Waals surface area contributed by atoms with Crippen LogP contribution in [0.5, 0.6) is 0 Å². The molecular formula is C17H15BrN4O2. The van der Waals surface area contributed by atoms with Crippen LogP contribution < -0.4 is 10.9 Å². The number of aromatic nitrogens is 3. The second kappa shape index (κ2) is 6.92. The zero-order chi connectivity index (χ0) is 17.1. The number of nitrogens with zero attached hydrogens (tertiary/aromatic N) is 3. The highest BCUT2D eigenvalue weighted by atomic mass is 79.9. The minimum atomic E-state index is -0.728. The largest absolute Gasteiger partial charge is 0.324 e. The van der Waals surface area contributed by atoms with Crippen LogP contribution in [0, 0.1) is 0 Å². The summed E-state index contributed by atoms with van der Waals surface area (Å²) >= 11 is 3.36. The molecule has 0 saturated heterocycles. The Bertz CT molecular complexity index is 954. The lowest BCUT2D eigenvalue weighted by atomic mass is 10.2. The van der Waals surface area contributed by atoms with Crippen LogP contribution in [0.25, 0.3) is 10.9 Å². The Morgan fingerprint density at radius 1 is 1.25 bits per heavy atom. The van der Waals surface area contributed by atoms with Crippen molar-refractivity contribution in [1.29, 1.82) is 0 Å². The van der Waals surface area contributed by atoms with Gasteiger partial charge >= 0.3 is 0 Å². The maximum atomic E-state index is 12.6. The van der Waals surface area contributed by atoms with Crippen LogP contribution >= 0.6 is 15.9 Å². The van der Waals surface area contributed by atoms with E-state index in [9.17, 15) is 9.59 Å². The number of nitrogens with one attached hydrogen (secondary N) is 1. The molecule has 1 atom stereocenters. The summed E-state index contributed by atoms with van der Waals surface area (Å²) in [4.78, 5) is 25.2. The van der Waals surface area contributed by atoms with E-state index < -0.39 is 6.04 Å². The molecule has 3 aromatic rings. The molecule has 0 bridgehead atoms. The molecule has 3 rings (SSSR count). The summed E-state index contributed by atoms with van der Waals surface area (Å²) in [6.07, 6.45) is 0.423. The van der Waals surface area contributed by atoms with Gasteiger partial charge in [0.15, 0.2) is 0 Å². The third-order valence-corrected chi connectivity index (χ3v) is 4.16. The van der Waals surface area contributed by atoms with Crippen LogP contribution in [-0.4, -0.2) is 20.9 Å². The summed E-state index contributed by atoms with van der Waals surface area (Å²) < 4.78 is 2.01. The summed E-state index contributed by atoms with van der Waals surface area (Å²) in [5.74, 6) is -0.303. The number of amides is 1. The van der Waals surface area contributed by atoms with Gasteiger partial charge < -0.3 is 5.32 Å². The van der Waals surface area contributed by atoms with Crippen molar-refractivity contribution in [3.8, 4) is 0 Å². The van der Waals surface area contributed by atoms with Crippen LogP contribution in [0.3, 0.4) is 0 Å². The first-order valence-corrected chi connectivity index (χ1v) is 8.30. The Hall–Kier alpha value is -2.54. The van der Waals surface area contributed by atoms with Crippen molar-refractivity contribution in [2.75, 3.05) is 5.32 Å². The third kappa shape index (κ3) is 3.21. The van der Waals surface area contributed by atoms with E-state index in [1.807, 2.05) is 19.1 Å². The molecule has 7 heteroatoms. The zero-order valence-corrected chi connectivity index (χ0v) is 14.5. The quantitative estimate of drug-likeness (QED) is 0.746. The van der Waals surface area contributed by atoms with Crippen molar-refractivity contribution < 1.29 is 4.79 Å². The normalized spacial score (nSPS) is 12.1. The average Bonchev–Trinajstić information content (AvgIpc) is 2.58. The van der Waals surface area contributed by atoms with Gasteiger partial charge in [0.1, 0.15) is 11.6 Å². The maximum absolute atomic E-state index is 12.6. The van der Waals surface area contributed by atoms with Gasteiger partial charge in [-0.2, -0.15) is 4.68 Å². The lowest BCUT2D eigenvalue weighted by molar-refractivity contribution is -0.119. The van der Waals surface area contributed by atoms with E-state index in [-0.39, 0.29) is 11.5 Å². The molecule has 1 aromatic heterocycles. The monoisotopic (exact) mass is 386 g/mol. The standard InChI is InChI=1S/C17H15BrN4O2/c1-2-15(16(23)19-12-7-5-6-11(18)10-12)22-17(24)13-8-3-4-9-14(13)20-21-22/h3-10,15H,2H2,1H3,(H,19,23)/t15-/m1/s1. The molecule has 0 aliphatic carbocycles. The van der Waals surface area contributed by atoms with E-state index in [4.69, 9.17) is 0 Å². The molecule has 24 heavy (non-hydrogen) atoms. The smallest absolute Gasteiger partial charge is 0.278 e. The van der Waals surface area contributed by atoms with Crippen molar-refractivity contribution in [1.82, 2.24) is 15.0 Å². The predicted molar refractivity (Wildman–Crippen MR) is 95.9 cm³/mol. The molecule has 6 nitrogen and oxygen atoms in total. The fourth-order valence-electron chi connectivity index (χ4n) is 2.47. The highest BCUT2D eigenvalue weighted by Crippen LogP contribution is 2.18. The molecule has 0 fully saturated rings. The molecule has 1 N–H and O–H groups in total. The van der Waals surface area contributed by atoms with Gasteiger partial charge in [-0.05, 0) is 36.8 Å². The van der Waals surface area contributed by atoms with E-state index in [0.717, 1.165) is 9.15 Å². The van der Waals surface area contributed by atoms with Crippen molar-refractivity contribution in [3.05, 3.63) is 63.4 Å². The highest BCUT2D eigenvalue weighted by Gasteiger charge is 2.22. The molecule has 0 radical (unpaired) electrons. The van der Waals surface area contributed by atoms with Crippen LogP contribution in [-0.2, 0) is 4.79 Å². The van der Waals surface area contributed by atoms with Gasteiger partial charge in [0.05, 0.1) is 5.39 Å². The van der Waals surface area contributed by atoms with E-state index in [0.29, 0.717) is 23.0 Å². The lowest BCUT2D eigenvalue weighted by Crippen LogP contribution is -2.35. The summed E-state index contributed by atoms with van der Waals surface area (Å²) in [6.45, 7) is 1.83. The Balaban J connectivity index is 1.95. The summed E-state index contributed by atoms with van der Waals surface area (Å²) in [7, 11) is 0. The molecule has 122 valence electrons. The Morgan fingerprint density at radius 3 is 2.79 bits per heavy atom. The number of carbonyl (C=O) groups is 1. The van der Waals surface area contributed by atoms with Crippen molar-refractivity contribution >= 4 is 38.4 Å². The topological polar surface area (TPSA) is 76.9 Å². The van der Waals surface area contributed by atoms with Gasteiger partial charge in [-0.25, -0.2) is 0 Å². The summed E-state index contributed by atoms with van der Waals surface area (Å²) in [6, 6.07) is 13.5. The number of rotatable bonds is 4. The van der Waals surface area contributed by atoms with Crippen LogP contribution in [0.2, 0.25) is 0 Å². The number of hydrogen-bond acceptors (Lipinski definition) is 4. The van der Waals surface area contributed by atoms with Crippen molar-refractivity contribution in [3.63, 3.8) is 0 Å². The van der Waals surface area contributed by atoms with Crippen LogP contribution in [0.1, 0.15) is 19.4 Å². The first kappa shape index (κ1) is 16.3. The van der Waals surface area contributed by atoms with Gasteiger partial charge in [-0.1, -0.05) is 46.3 Å². The second-order valence-electron chi connectivity index (χ2n) is 5.28. The number of fused-ring (bicyclic) bond motifs is 1. The Morgan fingerprint density at radius 2 is 2.04 bits per heavy atom. The molecule has 2 aromatic carbocycles. The average molecular weight is 387 g/mol. The molecule has 0 unspecified atom stereocenters. The molecule has 0 aliphatic rings. The van der Waals surface area contributed by atoms with Crippen LogP contribution in [0.4, 0.5) is 5.69 Å². The second-order valence-corrected chi connectivity index (χ2v) is 6.20. The van der Waals surface area contributed by atoms with Crippen LogP contribution in [0.15, 0.2) is 57.8 Å². The van der Waals surface area contributed by atoms with Gasteiger partial charge in [-0.15, -0.1) is 5.10 Å². The molecule has 1 amide bonds. The fraction of sp³-hybridized carbons (Fsp3) is 0.176. The van der Waals surface area contributed by atoms with Crippen molar-refractivity contribution in [2.45, 2.75) is 19.4 Å². The van der Waals surface area contributed by atoms with E-state index >= 15 is 0 Å². The number of carbonyl (C=O) groups excluding carboxylic acids is 1. The molecule has 0 aliphatic heterocycles.